The Bertz CT molecular complexity index is 585. The molecule has 0 atom stereocenters. The minimum Gasteiger partial charge on any atom is -0.462 e. The second-order valence-corrected chi connectivity index (χ2v) is 12.5. The molecule has 0 saturated heterocycles. The normalized spacial score (nSPS) is 11.9. The standard InChI is InChI=1S/C38H72O4/c1-5-9-13-15-17-19-21-23-25-27-29-33-41-37(39)35(31-11-7-3)36(32-12-8-4)38(40)42-34-30-28-26-24-22-20-18-16-14-10-6-2/h5-34H2,1-4H3/b36-35-. The number of esters is 2. The maximum atomic E-state index is 13.1. The molecule has 0 unspecified atom stereocenters. The fourth-order valence-corrected chi connectivity index (χ4v) is 5.50. The first-order chi connectivity index (χ1) is 20.6. The van der Waals surface area contributed by atoms with Crippen molar-refractivity contribution in [2.24, 2.45) is 0 Å². The highest BCUT2D eigenvalue weighted by Gasteiger charge is 2.22. The lowest BCUT2D eigenvalue weighted by atomic mass is 9.98. The van der Waals surface area contributed by atoms with Crippen LogP contribution < -0.4 is 0 Å². The van der Waals surface area contributed by atoms with Gasteiger partial charge in [-0.25, -0.2) is 9.59 Å². The molecular formula is C38H72O4. The van der Waals surface area contributed by atoms with E-state index in [-0.39, 0.29) is 11.9 Å². The summed E-state index contributed by atoms with van der Waals surface area (Å²) in [5.41, 5.74) is 1.13. The van der Waals surface area contributed by atoms with Crippen molar-refractivity contribution in [3.63, 3.8) is 0 Å². The van der Waals surface area contributed by atoms with Crippen LogP contribution in [0, 0.1) is 0 Å². The van der Waals surface area contributed by atoms with Gasteiger partial charge in [-0.05, 0) is 38.5 Å². The number of hydrogen-bond donors (Lipinski definition) is 0. The lowest BCUT2D eigenvalue weighted by molar-refractivity contribution is -0.142. The second-order valence-electron chi connectivity index (χ2n) is 12.5. The molecule has 0 aromatic heterocycles. The highest BCUT2D eigenvalue weighted by molar-refractivity contribution is 6.00. The Labute approximate surface area is 262 Å². The zero-order valence-corrected chi connectivity index (χ0v) is 28.8. The highest BCUT2D eigenvalue weighted by atomic mass is 16.5. The number of carbonyl (C=O) groups excluding carboxylic acids is 2. The van der Waals surface area contributed by atoms with Crippen LogP contribution >= 0.6 is 0 Å². The van der Waals surface area contributed by atoms with Crippen LogP contribution in [0.25, 0.3) is 0 Å². The van der Waals surface area contributed by atoms with Crippen molar-refractivity contribution >= 4 is 11.9 Å². The molecule has 0 spiro atoms. The summed E-state index contributed by atoms with van der Waals surface area (Å²) < 4.78 is 11.4. The Morgan fingerprint density at radius 1 is 0.333 bits per heavy atom. The van der Waals surface area contributed by atoms with Crippen LogP contribution in [-0.2, 0) is 19.1 Å². The van der Waals surface area contributed by atoms with E-state index < -0.39 is 0 Å². The molecule has 0 aromatic carbocycles. The summed E-state index contributed by atoms with van der Waals surface area (Å²) >= 11 is 0. The van der Waals surface area contributed by atoms with E-state index in [9.17, 15) is 9.59 Å². The summed E-state index contributed by atoms with van der Waals surface area (Å²) in [6.45, 7) is 9.65. The number of unbranched alkanes of at least 4 members (excludes halogenated alkanes) is 22. The highest BCUT2D eigenvalue weighted by Crippen LogP contribution is 2.22. The topological polar surface area (TPSA) is 52.6 Å². The molecule has 0 aliphatic rings. The predicted molar refractivity (Wildman–Crippen MR) is 181 cm³/mol. The van der Waals surface area contributed by atoms with Gasteiger partial charge in [-0.3, -0.25) is 0 Å². The minimum atomic E-state index is -0.298. The molecule has 4 heteroatoms. The predicted octanol–water partition coefficient (Wildman–Crippen LogP) is 12.4. The number of rotatable bonds is 32. The van der Waals surface area contributed by atoms with Crippen molar-refractivity contribution in [3.05, 3.63) is 11.1 Å². The third-order valence-corrected chi connectivity index (χ3v) is 8.38. The van der Waals surface area contributed by atoms with Gasteiger partial charge in [-0.1, -0.05) is 169 Å². The van der Waals surface area contributed by atoms with E-state index in [1.54, 1.807) is 0 Å². The molecule has 0 fully saturated rings. The SMILES string of the molecule is CCCCCCCCCCCCCOC(=O)/C(CCCC)=C(/CCCC)C(=O)OCCCCCCCCCCCCC. The van der Waals surface area contributed by atoms with E-state index in [4.69, 9.17) is 9.47 Å². The summed E-state index contributed by atoms with van der Waals surface area (Å²) in [5, 5.41) is 0. The Balaban J connectivity index is 4.47. The van der Waals surface area contributed by atoms with Crippen molar-refractivity contribution in [3.8, 4) is 0 Å². The summed E-state index contributed by atoms with van der Waals surface area (Å²) in [7, 11) is 0. The maximum absolute atomic E-state index is 13.1. The molecule has 248 valence electrons. The quantitative estimate of drug-likeness (QED) is 0.0443. The molecule has 0 aliphatic heterocycles. The molecule has 0 radical (unpaired) electrons. The van der Waals surface area contributed by atoms with E-state index in [0.29, 0.717) is 37.2 Å². The van der Waals surface area contributed by atoms with Crippen LogP contribution in [0.5, 0.6) is 0 Å². The largest absolute Gasteiger partial charge is 0.462 e. The van der Waals surface area contributed by atoms with Crippen LogP contribution in [0.3, 0.4) is 0 Å². The first kappa shape index (κ1) is 40.7. The van der Waals surface area contributed by atoms with Gasteiger partial charge in [0.05, 0.1) is 13.2 Å². The van der Waals surface area contributed by atoms with Gasteiger partial charge in [0, 0.05) is 11.1 Å². The lowest BCUT2D eigenvalue weighted by Gasteiger charge is -2.15. The molecule has 0 aliphatic carbocycles. The molecular weight excluding hydrogens is 520 g/mol. The van der Waals surface area contributed by atoms with Gasteiger partial charge in [0.2, 0.25) is 0 Å². The van der Waals surface area contributed by atoms with E-state index >= 15 is 0 Å². The summed E-state index contributed by atoms with van der Waals surface area (Å²) in [4.78, 5) is 26.3. The first-order valence-electron chi connectivity index (χ1n) is 18.7. The smallest absolute Gasteiger partial charge is 0.334 e. The first-order valence-corrected chi connectivity index (χ1v) is 18.7. The Morgan fingerprint density at radius 2 is 0.571 bits per heavy atom. The van der Waals surface area contributed by atoms with Crippen molar-refractivity contribution in [2.75, 3.05) is 13.2 Å². The van der Waals surface area contributed by atoms with Gasteiger partial charge in [-0.15, -0.1) is 0 Å². The zero-order chi connectivity index (χ0) is 30.9. The van der Waals surface area contributed by atoms with Crippen molar-refractivity contribution in [1.29, 1.82) is 0 Å². The molecule has 4 nitrogen and oxygen atoms in total. The molecule has 0 amide bonds. The van der Waals surface area contributed by atoms with Crippen molar-refractivity contribution < 1.29 is 19.1 Å². The Hall–Kier alpha value is -1.32. The average molecular weight is 593 g/mol. The van der Waals surface area contributed by atoms with Crippen LogP contribution in [0.4, 0.5) is 0 Å². The fourth-order valence-electron chi connectivity index (χ4n) is 5.50. The Morgan fingerprint density at radius 3 is 0.833 bits per heavy atom. The summed E-state index contributed by atoms with van der Waals surface area (Å²) in [5.74, 6) is -0.596. The second kappa shape index (κ2) is 32.6. The number of carbonyl (C=O) groups is 2. The van der Waals surface area contributed by atoms with Gasteiger partial charge >= 0.3 is 11.9 Å². The van der Waals surface area contributed by atoms with E-state index in [2.05, 4.69) is 27.7 Å². The lowest BCUT2D eigenvalue weighted by Crippen LogP contribution is -2.18. The third-order valence-electron chi connectivity index (χ3n) is 8.38. The average Bonchev–Trinajstić information content (AvgIpc) is 2.99. The number of ether oxygens (including phenoxy) is 2. The van der Waals surface area contributed by atoms with Crippen LogP contribution in [-0.4, -0.2) is 25.2 Å². The monoisotopic (exact) mass is 593 g/mol. The van der Waals surface area contributed by atoms with Crippen molar-refractivity contribution in [1.82, 2.24) is 0 Å². The van der Waals surface area contributed by atoms with Crippen molar-refractivity contribution in [2.45, 2.75) is 207 Å². The van der Waals surface area contributed by atoms with Gasteiger partial charge in [-0.2, -0.15) is 0 Å². The minimum absolute atomic E-state index is 0.298. The maximum Gasteiger partial charge on any atom is 0.334 e. The molecule has 0 N–H and O–H groups in total. The summed E-state index contributed by atoms with van der Waals surface area (Å²) in [6.07, 6.45) is 32.8. The number of hydrogen-bond acceptors (Lipinski definition) is 4. The van der Waals surface area contributed by atoms with Gasteiger partial charge < -0.3 is 9.47 Å². The van der Waals surface area contributed by atoms with Crippen LogP contribution in [0.15, 0.2) is 11.1 Å². The fraction of sp³-hybridized carbons (Fsp3) is 0.895. The molecule has 0 rings (SSSR count). The zero-order valence-electron chi connectivity index (χ0n) is 28.8. The Kier molecular flexibility index (Phi) is 31.6. The third kappa shape index (κ3) is 25.2. The van der Waals surface area contributed by atoms with E-state index in [0.717, 1.165) is 51.4 Å². The molecule has 0 aromatic rings. The van der Waals surface area contributed by atoms with E-state index in [1.165, 1.54) is 116 Å². The molecule has 42 heavy (non-hydrogen) atoms. The van der Waals surface area contributed by atoms with Crippen LogP contribution in [0.2, 0.25) is 0 Å². The molecule has 0 saturated carbocycles. The molecule has 0 heterocycles. The summed E-state index contributed by atoms with van der Waals surface area (Å²) in [6, 6.07) is 0. The molecule has 0 bridgehead atoms. The van der Waals surface area contributed by atoms with Gasteiger partial charge in [0.25, 0.3) is 0 Å². The van der Waals surface area contributed by atoms with Crippen LogP contribution in [0.1, 0.15) is 207 Å². The van der Waals surface area contributed by atoms with E-state index in [1.807, 2.05) is 0 Å². The van der Waals surface area contributed by atoms with Gasteiger partial charge in [0.1, 0.15) is 0 Å². The van der Waals surface area contributed by atoms with Gasteiger partial charge in [0.15, 0.2) is 0 Å².